The minimum atomic E-state index is 0.115. The first-order chi connectivity index (χ1) is 11.6. The molecule has 0 amide bonds. The summed E-state index contributed by atoms with van der Waals surface area (Å²) in [4.78, 5) is 12.5. The first kappa shape index (κ1) is 21.2. The smallest absolute Gasteiger partial charge is 0.167 e. The third-order valence-electron chi connectivity index (χ3n) is 4.26. The maximum Gasteiger partial charge on any atom is 0.167 e. The van der Waals surface area contributed by atoms with Gasteiger partial charge in [-0.1, -0.05) is 104 Å². The summed E-state index contributed by atoms with van der Waals surface area (Å²) in [5.74, 6) is 0.175. The summed E-state index contributed by atoms with van der Waals surface area (Å²) in [7, 11) is 0. The number of ketones is 1. The molecule has 0 unspecified atom stereocenters. The number of carbonyl (C=O) groups is 1. The Labute approximate surface area is 154 Å². The van der Waals surface area contributed by atoms with Crippen LogP contribution < -0.4 is 0 Å². The number of hydrogen-bond acceptors (Lipinski definition) is 1. The summed E-state index contributed by atoms with van der Waals surface area (Å²) in [6.07, 6.45) is 0.458. The molecule has 0 saturated carbocycles. The number of Topliss-reactive ketones (excluding diaryl/α,β-unsaturated/α-hetero) is 1. The summed E-state index contributed by atoms with van der Waals surface area (Å²) in [6, 6.07) is 16.4. The maximum atomic E-state index is 12.5. The first-order valence-corrected chi connectivity index (χ1v) is 9.30. The van der Waals surface area contributed by atoms with Gasteiger partial charge in [0.2, 0.25) is 0 Å². The third-order valence-corrected chi connectivity index (χ3v) is 4.26. The topological polar surface area (TPSA) is 17.1 Å². The van der Waals surface area contributed by atoms with E-state index >= 15 is 0 Å². The monoisotopic (exact) mass is 338 g/mol. The fourth-order valence-corrected chi connectivity index (χ4v) is 2.57. The fourth-order valence-electron chi connectivity index (χ4n) is 2.57. The highest BCUT2D eigenvalue weighted by Crippen LogP contribution is 2.24. The molecular formula is C24H34O. The lowest BCUT2D eigenvalue weighted by Crippen LogP contribution is -2.12. The predicted octanol–water partition coefficient (Wildman–Crippen LogP) is 6.73. The van der Waals surface area contributed by atoms with Crippen LogP contribution in [0.5, 0.6) is 0 Å². The standard InChI is InChI=1S/C22H28O.C2H6/c1-21(2,3)18-11-7-16(8-12-18)15-20(23)17-9-13-19(14-10-17)22(4,5)6;1-2/h7-14H,15H2,1-6H3;1-2H3. The molecule has 0 N–H and O–H groups in total. The number of hydrogen-bond donors (Lipinski definition) is 0. The van der Waals surface area contributed by atoms with E-state index in [0.29, 0.717) is 6.42 Å². The Bertz CT molecular complexity index is 662. The van der Waals surface area contributed by atoms with Gasteiger partial charge in [-0.05, 0) is 27.5 Å². The lowest BCUT2D eigenvalue weighted by molar-refractivity contribution is 0.0993. The summed E-state index contributed by atoms with van der Waals surface area (Å²) in [5.41, 5.74) is 4.67. The molecule has 0 radical (unpaired) electrons. The van der Waals surface area contributed by atoms with Gasteiger partial charge < -0.3 is 0 Å². The van der Waals surface area contributed by atoms with Crippen molar-refractivity contribution in [1.29, 1.82) is 0 Å². The van der Waals surface area contributed by atoms with E-state index < -0.39 is 0 Å². The van der Waals surface area contributed by atoms with Crippen LogP contribution in [0.25, 0.3) is 0 Å². The van der Waals surface area contributed by atoms with E-state index in [0.717, 1.165) is 11.1 Å². The Hall–Kier alpha value is -1.89. The lowest BCUT2D eigenvalue weighted by atomic mass is 9.85. The Kier molecular flexibility index (Phi) is 7.17. The van der Waals surface area contributed by atoms with E-state index in [9.17, 15) is 4.79 Å². The van der Waals surface area contributed by atoms with Crippen LogP contribution >= 0.6 is 0 Å². The Balaban J connectivity index is 0.00000151. The van der Waals surface area contributed by atoms with Crippen molar-refractivity contribution in [2.45, 2.75) is 72.6 Å². The van der Waals surface area contributed by atoms with Gasteiger partial charge in [-0.15, -0.1) is 0 Å². The van der Waals surface area contributed by atoms with Crippen molar-refractivity contribution >= 4 is 5.78 Å². The van der Waals surface area contributed by atoms with E-state index in [1.165, 1.54) is 11.1 Å². The van der Waals surface area contributed by atoms with Crippen LogP contribution in [0.3, 0.4) is 0 Å². The summed E-state index contributed by atoms with van der Waals surface area (Å²) in [6.45, 7) is 17.1. The molecule has 2 aromatic carbocycles. The minimum absolute atomic E-state index is 0.115. The van der Waals surface area contributed by atoms with E-state index in [4.69, 9.17) is 0 Å². The van der Waals surface area contributed by atoms with E-state index in [2.05, 4.69) is 77.9 Å². The van der Waals surface area contributed by atoms with Crippen LogP contribution in [0.4, 0.5) is 0 Å². The van der Waals surface area contributed by atoms with Gasteiger partial charge in [0.05, 0.1) is 0 Å². The normalized spacial score (nSPS) is 11.5. The number of benzene rings is 2. The molecule has 0 fully saturated rings. The molecule has 0 aliphatic carbocycles. The van der Waals surface area contributed by atoms with Gasteiger partial charge in [0.25, 0.3) is 0 Å². The molecule has 25 heavy (non-hydrogen) atoms. The van der Waals surface area contributed by atoms with Crippen molar-refractivity contribution in [3.05, 3.63) is 70.8 Å². The van der Waals surface area contributed by atoms with Gasteiger partial charge in [0.15, 0.2) is 5.78 Å². The molecule has 0 aliphatic rings. The molecule has 1 heteroatoms. The van der Waals surface area contributed by atoms with Crippen molar-refractivity contribution in [3.63, 3.8) is 0 Å². The van der Waals surface area contributed by atoms with Gasteiger partial charge in [-0.2, -0.15) is 0 Å². The summed E-state index contributed by atoms with van der Waals surface area (Å²) < 4.78 is 0. The molecular weight excluding hydrogens is 304 g/mol. The van der Waals surface area contributed by atoms with Crippen molar-refractivity contribution < 1.29 is 4.79 Å². The van der Waals surface area contributed by atoms with Gasteiger partial charge >= 0.3 is 0 Å². The van der Waals surface area contributed by atoms with Crippen LogP contribution in [0.1, 0.15) is 82.4 Å². The summed E-state index contributed by atoms with van der Waals surface area (Å²) in [5, 5.41) is 0. The van der Waals surface area contributed by atoms with Crippen molar-refractivity contribution in [1.82, 2.24) is 0 Å². The molecule has 2 aromatic rings. The molecule has 1 nitrogen and oxygen atoms in total. The highest BCUT2D eigenvalue weighted by Gasteiger charge is 2.15. The van der Waals surface area contributed by atoms with Gasteiger partial charge in [0, 0.05) is 12.0 Å². The molecule has 0 aromatic heterocycles. The average molecular weight is 339 g/mol. The Morgan fingerprint density at radius 3 is 1.40 bits per heavy atom. The van der Waals surface area contributed by atoms with Crippen LogP contribution in [0, 0.1) is 0 Å². The van der Waals surface area contributed by atoms with Crippen molar-refractivity contribution in [3.8, 4) is 0 Å². The summed E-state index contributed by atoms with van der Waals surface area (Å²) >= 11 is 0. The molecule has 2 rings (SSSR count). The Morgan fingerprint density at radius 1 is 0.680 bits per heavy atom. The third kappa shape index (κ3) is 6.16. The maximum absolute atomic E-state index is 12.5. The zero-order valence-corrected chi connectivity index (χ0v) is 17.2. The average Bonchev–Trinajstić information content (AvgIpc) is 2.55. The second kappa shape index (κ2) is 8.47. The lowest BCUT2D eigenvalue weighted by Gasteiger charge is -2.19. The highest BCUT2D eigenvalue weighted by atomic mass is 16.1. The highest BCUT2D eigenvalue weighted by molar-refractivity contribution is 5.97. The quantitative estimate of drug-likeness (QED) is 0.567. The molecule has 0 aliphatic heterocycles. The molecule has 0 saturated heterocycles. The zero-order chi connectivity index (χ0) is 19.3. The van der Waals surface area contributed by atoms with E-state index in [-0.39, 0.29) is 16.6 Å². The zero-order valence-electron chi connectivity index (χ0n) is 17.2. The number of carbonyl (C=O) groups excluding carboxylic acids is 1. The Morgan fingerprint density at radius 2 is 1.04 bits per heavy atom. The minimum Gasteiger partial charge on any atom is -0.294 e. The first-order valence-electron chi connectivity index (χ1n) is 9.30. The van der Waals surface area contributed by atoms with Gasteiger partial charge in [0.1, 0.15) is 0 Å². The largest absolute Gasteiger partial charge is 0.294 e. The molecule has 0 atom stereocenters. The molecule has 0 heterocycles. The SMILES string of the molecule is CC.CC(C)(C)c1ccc(CC(=O)c2ccc(C(C)(C)C)cc2)cc1. The fraction of sp³-hybridized carbons (Fsp3) is 0.458. The van der Waals surface area contributed by atoms with Crippen LogP contribution in [0.15, 0.2) is 48.5 Å². The van der Waals surface area contributed by atoms with E-state index in [1.54, 1.807) is 0 Å². The van der Waals surface area contributed by atoms with Gasteiger partial charge in [-0.3, -0.25) is 4.79 Å². The molecule has 0 spiro atoms. The van der Waals surface area contributed by atoms with Crippen LogP contribution in [-0.2, 0) is 17.3 Å². The molecule has 0 bridgehead atoms. The number of rotatable bonds is 3. The van der Waals surface area contributed by atoms with E-state index in [1.807, 2.05) is 26.0 Å². The molecule has 136 valence electrons. The second-order valence-electron chi connectivity index (χ2n) is 8.37. The predicted molar refractivity (Wildman–Crippen MR) is 110 cm³/mol. The van der Waals surface area contributed by atoms with Crippen molar-refractivity contribution in [2.24, 2.45) is 0 Å². The van der Waals surface area contributed by atoms with Gasteiger partial charge in [-0.25, -0.2) is 0 Å². The second-order valence-corrected chi connectivity index (χ2v) is 8.37. The van der Waals surface area contributed by atoms with Crippen molar-refractivity contribution in [2.75, 3.05) is 0 Å². The van der Waals surface area contributed by atoms with Crippen LogP contribution in [-0.4, -0.2) is 5.78 Å². The van der Waals surface area contributed by atoms with Crippen LogP contribution in [0.2, 0.25) is 0 Å².